The quantitative estimate of drug-likeness (QED) is 0.870. The number of hydrogen-bond donors (Lipinski definition) is 2. The van der Waals surface area contributed by atoms with Crippen LogP contribution in [0.5, 0.6) is 0 Å². The fraction of sp³-hybridized carbons (Fsp3) is 0.500. The molecule has 0 radical (unpaired) electrons. The molecule has 2 N–H and O–H groups in total. The van der Waals surface area contributed by atoms with Crippen LogP contribution in [0.2, 0.25) is 4.34 Å². The summed E-state index contributed by atoms with van der Waals surface area (Å²) in [6.45, 7) is 2.26. The third-order valence-electron chi connectivity index (χ3n) is 2.25. The van der Waals surface area contributed by atoms with Crippen LogP contribution in [0.25, 0.3) is 0 Å². The maximum atomic E-state index is 11.6. The van der Waals surface area contributed by atoms with Gasteiger partial charge in [0, 0.05) is 13.1 Å². The minimum Gasteiger partial charge on any atom is -0.375 e. The lowest BCUT2D eigenvalue weighted by Gasteiger charge is -2.22. The first-order chi connectivity index (χ1) is 7.74. The minimum absolute atomic E-state index is 0.0239. The fourth-order valence-corrected chi connectivity index (χ4v) is 2.49. The van der Waals surface area contributed by atoms with E-state index in [4.69, 9.17) is 16.3 Å². The van der Waals surface area contributed by atoms with E-state index in [1.807, 2.05) is 0 Å². The molecule has 1 aliphatic rings. The van der Waals surface area contributed by atoms with E-state index in [1.165, 1.54) is 11.3 Å². The molecule has 4 nitrogen and oxygen atoms in total. The summed E-state index contributed by atoms with van der Waals surface area (Å²) in [7, 11) is 0. The first-order valence-corrected chi connectivity index (χ1v) is 6.31. The molecule has 0 saturated carbocycles. The van der Waals surface area contributed by atoms with Crippen LogP contribution in [0.3, 0.4) is 0 Å². The van der Waals surface area contributed by atoms with Crippen molar-refractivity contribution in [3.63, 3.8) is 0 Å². The van der Waals surface area contributed by atoms with E-state index in [-0.39, 0.29) is 12.0 Å². The van der Waals surface area contributed by atoms with Crippen LogP contribution >= 0.6 is 22.9 Å². The van der Waals surface area contributed by atoms with Gasteiger partial charge < -0.3 is 15.4 Å². The molecule has 2 heterocycles. The van der Waals surface area contributed by atoms with E-state index >= 15 is 0 Å². The third kappa shape index (κ3) is 3.45. The second kappa shape index (κ2) is 5.63. The van der Waals surface area contributed by atoms with Gasteiger partial charge in [-0.1, -0.05) is 11.6 Å². The topological polar surface area (TPSA) is 50.4 Å². The van der Waals surface area contributed by atoms with Gasteiger partial charge in [-0.3, -0.25) is 4.79 Å². The van der Waals surface area contributed by atoms with Crippen molar-refractivity contribution >= 4 is 33.8 Å². The zero-order valence-corrected chi connectivity index (χ0v) is 10.2. The predicted octanol–water partition coefficient (Wildman–Crippen LogP) is 1.72. The highest BCUT2D eigenvalue weighted by atomic mass is 35.5. The number of morpholine rings is 1. The average Bonchev–Trinajstić information content (AvgIpc) is 2.65. The maximum Gasteiger partial charge on any atom is 0.227 e. The summed E-state index contributed by atoms with van der Waals surface area (Å²) in [6, 6.07) is 3.56. The molecular formula is C10H13ClN2O2S. The van der Waals surface area contributed by atoms with Gasteiger partial charge in [0.25, 0.3) is 0 Å². The zero-order chi connectivity index (χ0) is 11.4. The van der Waals surface area contributed by atoms with Crippen molar-refractivity contribution in [2.45, 2.75) is 12.5 Å². The lowest BCUT2D eigenvalue weighted by Crippen LogP contribution is -2.40. The van der Waals surface area contributed by atoms with Gasteiger partial charge in [0.1, 0.15) is 0 Å². The number of carbonyl (C=O) groups is 1. The van der Waals surface area contributed by atoms with Gasteiger partial charge in [0.05, 0.1) is 28.5 Å². The van der Waals surface area contributed by atoms with E-state index < -0.39 is 0 Å². The van der Waals surface area contributed by atoms with Crippen molar-refractivity contribution in [3.8, 4) is 0 Å². The molecule has 1 fully saturated rings. The van der Waals surface area contributed by atoms with Crippen LogP contribution in [-0.4, -0.2) is 31.7 Å². The van der Waals surface area contributed by atoms with Crippen molar-refractivity contribution in [1.29, 1.82) is 0 Å². The number of anilines is 1. The molecule has 1 aromatic heterocycles. The lowest BCUT2D eigenvalue weighted by molar-refractivity contribution is -0.119. The summed E-state index contributed by atoms with van der Waals surface area (Å²) < 4.78 is 6.12. The Morgan fingerprint density at radius 2 is 2.56 bits per heavy atom. The van der Waals surface area contributed by atoms with Crippen LogP contribution in [0.1, 0.15) is 6.42 Å². The Kier molecular flexibility index (Phi) is 4.17. The molecule has 1 atom stereocenters. The fourth-order valence-electron chi connectivity index (χ4n) is 1.53. The predicted molar refractivity (Wildman–Crippen MR) is 65.2 cm³/mol. The molecule has 1 amide bonds. The molecule has 0 aliphatic carbocycles. The third-order valence-corrected chi connectivity index (χ3v) is 3.40. The highest BCUT2D eigenvalue weighted by Crippen LogP contribution is 2.26. The van der Waals surface area contributed by atoms with Crippen LogP contribution in [0, 0.1) is 0 Å². The van der Waals surface area contributed by atoms with Gasteiger partial charge in [-0.05, 0) is 12.1 Å². The van der Waals surface area contributed by atoms with E-state index in [0.29, 0.717) is 17.4 Å². The van der Waals surface area contributed by atoms with E-state index in [9.17, 15) is 4.79 Å². The maximum absolute atomic E-state index is 11.6. The van der Waals surface area contributed by atoms with E-state index in [2.05, 4.69) is 10.6 Å². The second-order valence-electron chi connectivity index (χ2n) is 3.55. The van der Waals surface area contributed by atoms with Gasteiger partial charge in [0.15, 0.2) is 0 Å². The first-order valence-electron chi connectivity index (χ1n) is 5.11. The highest BCUT2D eigenvalue weighted by Gasteiger charge is 2.17. The summed E-state index contributed by atoms with van der Waals surface area (Å²) in [5.74, 6) is -0.0350. The molecule has 0 bridgehead atoms. The molecule has 6 heteroatoms. The summed E-state index contributed by atoms with van der Waals surface area (Å²) in [6.07, 6.45) is 0.354. The molecule has 1 unspecified atom stereocenters. The Hall–Kier alpha value is -0.620. The molecule has 1 aliphatic heterocycles. The number of ether oxygens (including phenoxy) is 1. The molecule has 88 valence electrons. The van der Waals surface area contributed by atoms with Gasteiger partial charge in [-0.15, -0.1) is 11.3 Å². The zero-order valence-electron chi connectivity index (χ0n) is 8.66. The molecule has 0 spiro atoms. The van der Waals surface area contributed by atoms with Crippen LogP contribution in [0.4, 0.5) is 5.00 Å². The normalized spacial score (nSPS) is 20.7. The molecule has 0 aromatic carbocycles. The van der Waals surface area contributed by atoms with Crippen molar-refractivity contribution in [3.05, 3.63) is 16.5 Å². The highest BCUT2D eigenvalue weighted by molar-refractivity contribution is 7.20. The number of carbonyl (C=O) groups excluding carboxylic acids is 1. The summed E-state index contributed by atoms with van der Waals surface area (Å²) in [5.41, 5.74) is 0. The van der Waals surface area contributed by atoms with Crippen molar-refractivity contribution in [1.82, 2.24) is 5.32 Å². The summed E-state index contributed by atoms with van der Waals surface area (Å²) in [5, 5.41) is 6.76. The van der Waals surface area contributed by atoms with Gasteiger partial charge in [-0.2, -0.15) is 0 Å². The Labute approximate surface area is 103 Å². The average molecular weight is 261 g/mol. The van der Waals surface area contributed by atoms with Gasteiger partial charge in [-0.25, -0.2) is 0 Å². The second-order valence-corrected chi connectivity index (χ2v) is 5.27. The summed E-state index contributed by atoms with van der Waals surface area (Å²) >= 11 is 7.12. The first kappa shape index (κ1) is 11.9. The Morgan fingerprint density at radius 1 is 1.69 bits per heavy atom. The Morgan fingerprint density at radius 3 is 3.19 bits per heavy atom. The smallest absolute Gasteiger partial charge is 0.227 e. The molecular weight excluding hydrogens is 248 g/mol. The molecule has 2 rings (SSSR count). The Bertz CT molecular complexity index is 363. The Balaban J connectivity index is 1.79. The number of nitrogens with one attached hydrogen (secondary N) is 2. The summed E-state index contributed by atoms with van der Waals surface area (Å²) in [4.78, 5) is 11.6. The van der Waals surface area contributed by atoms with E-state index in [1.54, 1.807) is 12.1 Å². The number of hydrogen-bond acceptors (Lipinski definition) is 4. The molecule has 1 saturated heterocycles. The number of thiophene rings is 1. The largest absolute Gasteiger partial charge is 0.375 e. The molecule has 16 heavy (non-hydrogen) atoms. The molecule has 1 aromatic rings. The van der Waals surface area contributed by atoms with Crippen LogP contribution in [-0.2, 0) is 9.53 Å². The van der Waals surface area contributed by atoms with Crippen molar-refractivity contribution in [2.24, 2.45) is 0 Å². The standard InChI is InChI=1S/C10H13ClN2O2S/c11-8-1-2-10(16-8)13-9(14)5-7-6-12-3-4-15-7/h1-2,7,12H,3-6H2,(H,13,14). The number of amides is 1. The van der Waals surface area contributed by atoms with Crippen molar-refractivity contribution < 1.29 is 9.53 Å². The van der Waals surface area contributed by atoms with Crippen LogP contribution < -0.4 is 10.6 Å². The van der Waals surface area contributed by atoms with Gasteiger partial charge in [0.2, 0.25) is 5.91 Å². The lowest BCUT2D eigenvalue weighted by atomic mass is 10.2. The number of halogens is 1. The minimum atomic E-state index is -0.0350. The number of rotatable bonds is 3. The van der Waals surface area contributed by atoms with Crippen LogP contribution in [0.15, 0.2) is 12.1 Å². The van der Waals surface area contributed by atoms with Gasteiger partial charge >= 0.3 is 0 Å². The van der Waals surface area contributed by atoms with Crippen molar-refractivity contribution in [2.75, 3.05) is 25.0 Å². The monoisotopic (exact) mass is 260 g/mol. The SMILES string of the molecule is O=C(CC1CNCCO1)Nc1ccc(Cl)s1. The van der Waals surface area contributed by atoms with E-state index in [0.717, 1.165) is 18.1 Å².